The monoisotopic (exact) mass is 444 g/mol. The number of hydrogen-bond donors (Lipinski definition) is 3. The predicted molar refractivity (Wildman–Crippen MR) is 98.7 cm³/mol. The molecular weight excluding hydrogens is 426 g/mol. The molecule has 24 heavy (non-hydrogen) atoms. The van der Waals surface area contributed by atoms with Gasteiger partial charge in [0.15, 0.2) is 0 Å². The van der Waals surface area contributed by atoms with Gasteiger partial charge in [-0.2, -0.15) is 0 Å². The first-order chi connectivity index (χ1) is 11.4. The molecule has 1 unspecified atom stereocenters. The minimum atomic E-state index is -0.718. The third-order valence-electron chi connectivity index (χ3n) is 3.20. The standard InChI is InChI=1S/C17H18FIN2O3/c1-10-8-12(19)6-7-15(10)20-16-13(4-3-5-14(16)18)17(23)21-24-9-11(2)22/h3-8,11,20,22H,9H2,1-2H3,(H,21,23). The fourth-order valence-electron chi connectivity index (χ4n) is 2.03. The normalized spacial score (nSPS) is 11.9. The van der Waals surface area contributed by atoms with E-state index in [0.717, 1.165) is 9.13 Å². The van der Waals surface area contributed by atoms with Gasteiger partial charge in [0, 0.05) is 9.26 Å². The molecule has 0 aliphatic rings. The van der Waals surface area contributed by atoms with E-state index >= 15 is 0 Å². The summed E-state index contributed by atoms with van der Waals surface area (Å²) in [4.78, 5) is 17.1. The molecule has 0 spiro atoms. The molecular formula is C17H18FIN2O3. The molecule has 2 rings (SSSR count). The number of hydrogen-bond acceptors (Lipinski definition) is 4. The van der Waals surface area contributed by atoms with Crippen LogP contribution in [0.2, 0.25) is 0 Å². The predicted octanol–water partition coefficient (Wildman–Crippen LogP) is 3.52. The Bertz CT molecular complexity index is 738. The van der Waals surface area contributed by atoms with Crippen molar-refractivity contribution < 1.29 is 19.1 Å². The number of aryl methyl sites for hydroxylation is 1. The molecule has 1 amide bonds. The Kier molecular flexibility index (Phi) is 6.52. The van der Waals surface area contributed by atoms with Crippen LogP contribution in [0.15, 0.2) is 36.4 Å². The number of aliphatic hydroxyl groups excluding tert-OH is 1. The lowest BCUT2D eigenvalue weighted by atomic mass is 10.1. The Labute approximate surface area is 153 Å². The summed E-state index contributed by atoms with van der Waals surface area (Å²) in [6.07, 6.45) is -0.718. The van der Waals surface area contributed by atoms with Crippen molar-refractivity contribution in [3.8, 4) is 0 Å². The van der Waals surface area contributed by atoms with Crippen molar-refractivity contribution in [1.82, 2.24) is 5.48 Å². The Balaban J connectivity index is 2.24. The van der Waals surface area contributed by atoms with E-state index in [1.54, 1.807) is 0 Å². The highest BCUT2D eigenvalue weighted by molar-refractivity contribution is 14.1. The largest absolute Gasteiger partial charge is 0.391 e. The summed E-state index contributed by atoms with van der Waals surface area (Å²) in [5.41, 5.74) is 4.02. The van der Waals surface area contributed by atoms with Gasteiger partial charge in [0.25, 0.3) is 5.91 Å². The minimum absolute atomic E-state index is 0.0555. The second kappa shape index (κ2) is 8.41. The Morgan fingerprint density at radius 2 is 2.12 bits per heavy atom. The van der Waals surface area contributed by atoms with E-state index < -0.39 is 17.8 Å². The lowest BCUT2D eigenvalue weighted by molar-refractivity contribution is -0.00684. The number of rotatable bonds is 6. The first kappa shape index (κ1) is 18.6. The number of benzene rings is 2. The fourth-order valence-corrected chi connectivity index (χ4v) is 2.67. The van der Waals surface area contributed by atoms with Crippen LogP contribution in [0.5, 0.6) is 0 Å². The van der Waals surface area contributed by atoms with E-state index in [1.165, 1.54) is 25.1 Å². The van der Waals surface area contributed by atoms with Gasteiger partial charge in [-0.25, -0.2) is 9.87 Å². The van der Waals surface area contributed by atoms with Gasteiger partial charge in [0.1, 0.15) is 12.4 Å². The molecule has 0 heterocycles. The van der Waals surface area contributed by atoms with Gasteiger partial charge in [0.05, 0.1) is 17.4 Å². The number of carbonyl (C=O) groups excluding carboxylic acids is 1. The maximum absolute atomic E-state index is 14.2. The zero-order valence-corrected chi connectivity index (χ0v) is 15.4. The summed E-state index contributed by atoms with van der Waals surface area (Å²) in [6.45, 7) is 3.37. The number of anilines is 2. The number of hydroxylamine groups is 1. The zero-order chi connectivity index (χ0) is 17.7. The summed E-state index contributed by atoms with van der Waals surface area (Å²) < 4.78 is 15.3. The first-order valence-corrected chi connectivity index (χ1v) is 8.38. The van der Waals surface area contributed by atoms with Crippen molar-refractivity contribution in [2.75, 3.05) is 11.9 Å². The van der Waals surface area contributed by atoms with Crippen LogP contribution in [-0.4, -0.2) is 23.7 Å². The van der Waals surface area contributed by atoms with Crippen LogP contribution in [0.1, 0.15) is 22.8 Å². The zero-order valence-electron chi connectivity index (χ0n) is 13.3. The SMILES string of the molecule is Cc1cc(I)ccc1Nc1c(F)cccc1C(=O)NOCC(C)O. The van der Waals surface area contributed by atoms with Gasteiger partial charge in [-0.1, -0.05) is 6.07 Å². The van der Waals surface area contributed by atoms with Crippen molar-refractivity contribution in [3.05, 3.63) is 56.9 Å². The van der Waals surface area contributed by atoms with Crippen LogP contribution in [0.25, 0.3) is 0 Å². The van der Waals surface area contributed by atoms with Crippen LogP contribution in [-0.2, 0) is 4.84 Å². The van der Waals surface area contributed by atoms with Crippen molar-refractivity contribution in [2.45, 2.75) is 20.0 Å². The molecule has 0 fully saturated rings. The molecule has 0 bridgehead atoms. The molecule has 1 atom stereocenters. The molecule has 2 aromatic carbocycles. The summed E-state index contributed by atoms with van der Waals surface area (Å²) >= 11 is 2.19. The third kappa shape index (κ3) is 4.89. The summed E-state index contributed by atoms with van der Waals surface area (Å²) in [6, 6.07) is 9.89. The molecule has 128 valence electrons. The van der Waals surface area contributed by atoms with E-state index in [0.29, 0.717) is 5.69 Å². The second-order valence-electron chi connectivity index (χ2n) is 5.34. The van der Waals surface area contributed by atoms with Crippen LogP contribution in [0.3, 0.4) is 0 Å². The molecule has 3 N–H and O–H groups in total. The van der Waals surface area contributed by atoms with Gasteiger partial charge in [-0.05, 0) is 72.3 Å². The summed E-state index contributed by atoms with van der Waals surface area (Å²) in [5.74, 6) is -1.14. The highest BCUT2D eigenvalue weighted by Gasteiger charge is 2.16. The van der Waals surface area contributed by atoms with Crippen molar-refractivity contribution in [3.63, 3.8) is 0 Å². The summed E-state index contributed by atoms with van der Waals surface area (Å²) in [7, 11) is 0. The van der Waals surface area contributed by atoms with Gasteiger partial charge in [-0.15, -0.1) is 0 Å². The van der Waals surface area contributed by atoms with Crippen LogP contribution in [0.4, 0.5) is 15.8 Å². The van der Waals surface area contributed by atoms with Gasteiger partial charge in [-0.3, -0.25) is 9.63 Å². The maximum atomic E-state index is 14.2. The third-order valence-corrected chi connectivity index (χ3v) is 3.87. The Hall–Kier alpha value is -1.71. The lowest BCUT2D eigenvalue weighted by Gasteiger charge is -2.15. The first-order valence-electron chi connectivity index (χ1n) is 7.30. The summed E-state index contributed by atoms with van der Waals surface area (Å²) in [5, 5.41) is 12.1. The van der Waals surface area contributed by atoms with Crippen molar-refractivity contribution in [1.29, 1.82) is 0 Å². The highest BCUT2D eigenvalue weighted by atomic mass is 127. The Morgan fingerprint density at radius 3 is 2.79 bits per heavy atom. The number of aliphatic hydroxyl groups is 1. The number of nitrogens with one attached hydrogen (secondary N) is 2. The van der Waals surface area contributed by atoms with Gasteiger partial charge < -0.3 is 10.4 Å². The van der Waals surface area contributed by atoms with Crippen LogP contribution in [0, 0.1) is 16.3 Å². The molecule has 0 aliphatic heterocycles. The highest BCUT2D eigenvalue weighted by Crippen LogP contribution is 2.27. The number of halogens is 2. The lowest BCUT2D eigenvalue weighted by Crippen LogP contribution is -2.28. The molecule has 0 saturated heterocycles. The topological polar surface area (TPSA) is 70.6 Å². The number of amides is 1. The quantitative estimate of drug-likeness (QED) is 0.471. The smallest absolute Gasteiger partial charge is 0.277 e. The van der Waals surface area contributed by atoms with E-state index in [9.17, 15) is 9.18 Å². The molecule has 7 heteroatoms. The molecule has 0 aromatic heterocycles. The van der Waals surface area contributed by atoms with Crippen molar-refractivity contribution >= 4 is 39.9 Å². The van der Waals surface area contributed by atoms with Crippen LogP contribution < -0.4 is 10.8 Å². The molecule has 2 aromatic rings. The molecule has 0 radical (unpaired) electrons. The van der Waals surface area contributed by atoms with E-state index in [4.69, 9.17) is 9.94 Å². The molecule has 0 aliphatic carbocycles. The van der Waals surface area contributed by atoms with Gasteiger partial charge in [0.2, 0.25) is 0 Å². The average Bonchev–Trinajstić information content (AvgIpc) is 2.51. The fraction of sp³-hybridized carbons (Fsp3) is 0.235. The molecule has 0 saturated carbocycles. The van der Waals surface area contributed by atoms with Crippen molar-refractivity contribution in [2.24, 2.45) is 0 Å². The number of carbonyl (C=O) groups is 1. The van der Waals surface area contributed by atoms with E-state index in [1.807, 2.05) is 25.1 Å². The van der Waals surface area contributed by atoms with E-state index in [2.05, 4.69) is 33.4 Å². The van der Waals surface area contributed by atoms with E-state index in [-0.39, 0.29) is 17.9 Å². The second-order valence-corrected chi connectivity index (χ2v) is 6.58. The van der Waals surface area contributed by atoms with Gasteiger partial charge >= 0.3 is 0 Å². The maximum Gasteiger partial charge on any atom is 0.277 e. The average molecular weight is 444 g/mol. The Morgan fingerprint density at radius 1 is 1.38 bits per heavy atom. The minimum Gasteiger partial charge on any atom is -0.391 e. The molecule has 5 nitrogen and oxygen atoms in total. The van der Waals surface area contributed by atoms with Crippen LogP contribution >= 0.6 is 22.6 Å². The number of para-hydroxylation sites is 1.